The van der Waals surface area contributed by atoms with Crippen molar-refractivity contribution in [2.75, 3.05) is 27.2 Å². The average molecular weight is 276 g/mol. The normalized spacial score (nSPS) is 10.9. The predicted octanol–water partition coefficient (Wildman–Crippen LogP) is 3.31. The lowest BCUT2D eigenvalue weighted by Crippen LogP contribution is -2.19. The van der Waals surface area contributed by atoms with Gasteiger partial charge in [-0.1, -0.05) is 6.92 Å². The predicted molar refractivity (Wildman–Crippen MR) is 81.0 cm³/mol. The number of aryl methyl sites for hydroxylation is 1. The third kappa shape index (κ3) is 4.04. The maximum absolute atomic E-state index is 5.68. The van der Waals surface area contributed by atoms with Crippen molar-refractivity contribution in [1.29, 1.82) is 0 Å². The minimum absolute atomic E-state index is 0.712. The Hall–Kier alpha value is -1.39. The highest BCUT2D eigenvalue weighted by Crippen LogP contribution is 2.26. The smallest absolute Gasteiger partial charge is 0.123 e. The van der Waals surface area contributed by atoms with Crippen molar-refractivity contribution in [3.63, 3.8) is 0 Å². The highest BCUT2D eigenvalue weighted by molar-refractivity contribution is 7.15. The van der Waals surface area contributed by atoms with E-state index in [1.165, 1.54) is 4.88 Å². The molecule has 0 spiro atoms. The van der Waals surface area contributed by atoms with Gasteiger partial charge in [0, 0.05) is 23.2 Å². The molecule has 0 saturated heterocycles. The Morgan fingerprint density at radius 2 is 1.95 bits per heavy atom. The lowest BCUT2D eigenvalue weighted by Gasteiger charge is -2.11. The molecule has 0 atom stereocenters. The van der Waals surface area contributed by atoms with Gasteiger partial charge in [-0.05, 0) is 44.8 Å². The Balaban J connectivity index is 1.97. The zero-order chi connectivity index (χ0) is 13.7. The number of aromatic nitrogens is 1. The van der Waals surface area contributed by atoms with Crippen LogP contribution in [0.5, 0.6) is 5.75 Å². The zero-order valence-corrected chi connectivity index (χ0v) is 12.5. The second-order valence-corrected chi connectivity index (χ2v) is 5.78. The highest BCUT2D eigenvalue weighted by Gasteiger charge is 2.04. The molecule has 19 heavy (non-hydrogen) atoms. The SMILES string of the molecule is CCc1cnc(-c2ccc(OCCN(C)C)cc2)s1. The standard InChI is InChI=1S/C15H20N2OS/c1-4-14-11-16-15(19-14)12-5-7-13(8-6-12)18-10-9-17(2)3/h5-8,11H,4,9-10H2,1-3H3. The Bertz CT molecular complexity index is 505. The molecule has 0 amide bonds. The van der Waals surface area contributed by atoms with Crippen LogP contribution in [0.4, 0.5) is 0 Å². The molecule has 3 nitrogen and oxygen atoms in total. The number of likely N-dealkylation sites (N-methyl/N-ethyl adjacent to an activating group) is 1. The number of nitrogens with zero attached hydrogens (tertiary/aromatic N) is 2. The van der Waals surface area contributed by atoms with Crippen molar-refractivity contribution < 1.29 is 4.74 Å². The summed E-state index contributed by atoms with van der Waals surface area (Å²) >= 11 is 1.76. The molecule has 4 heteroatoms. The largest absolute Gasteiger partial charge is 0.492 e. The molecule has 0 aliphatic carbocycles. The fourth-order valence-corrected chi connectivity index (χ4v) is 2.50. The Labute approximate surface area is 118 Å². The van der Waals surface area contributed by atoms with Gasteiger partial charge in [-0.2, -0.15) is 0 Å². The van der Waals surface area contributed by atoms with E-state index in [0.717, 1.165) is 29.3 Å². The molecule has 0 saturated carbocycles. The van der Waals surface area contributed by atoms with Gasteiger partial charge in [0.1, 0.15) is 17.4 Å². The molecule has 1 heterocycles. The van der Waals surface area contributed by atoms with E-state index in [1.54, 1.807) is 11.3 Å². The van der Waals surface area contributed by atoms with Crippen LogP contribution in [0.15, 0.2) is 30.5 Å². The van der Waals surface area contributed by atoms with E-state index in [-0.39, 0.29) is 0 Å². The van der Waals surface area contributed by atoms with Crippen molar-refractivity contribution >= 4 is 11.3 Å². The first-order valence-electron chi connectivity index (χ1n) is 6.51. The molecule has 2 aromatic rings. The first kappa shape index (κ1) is 14.0. The van der Waals surface area contributed by atoms with E-state index in [0.29, 0.717) is 6.61 Å². The third-order valence-corrected chi connectivity index (χ3v) is 4.00. The summed E-state index contributed by atoms with van der Waals surface area (Å²) in [6.07, 6.45) is 3.00. The molecule has 0 bridgehead atoms. The van der Waals surface area contributed by atoms with Crippen molar-refractivity contribution in [2.45, 2.75) is 13.3 Å². The molecule has 0 aliphatic heterocycles. The van der Waals surface area contributed by atoms with E-state index in [2.05, 4.69) is 28.9 Å². The minimum Gasteiger partial charge on any atom is -0.492 e. The van der Waals surface area contributed by atoms with Crippen LogP contribution in [0, 0.1) is 0 Å². The van der Waals surface area contributed by atoms with Gasteiger partial charge in [-0.15, -0.1) is 11.3 Å². The van der Waals surface area contributed by atoms with Crippen LogP contribution in [-0.4, -0.2) is 37.1 Å². The first-order chi connectivity index (χ1) is 9.19. The van der Waals surface area contributed by atoms with Gasteiger partial charge in [-0.3, -0.25) is 0 Å². The molecule has 1 aromatic carbocycles. The topological polar surface area (TPSA) is 25.4 Å². The number of rotatable bonds is 6. The van der Waals surface area contributed by atoms with Crippen LogP contribution in [-0.2, 0) is 6.42 Å². The van der Waals surface area contributed by atoms with Gasteiger partial charge < -0.3 is 9.64 Å². The summed E-state index contributed by atoms with van der Waals surface area (Å²) in [5.41, 5.74) is 1.16. The molecule has 0 radical (unpaired) electrons. The summed E-state index contributed by atoms with van der Waals surface area (Å²) < 4.78 is 5.68. The molecule has 2 rings (SSSR count). The van der Waals surface area contributed by atoms with Gasteiger partial charge in [-0.25, -0.2) is 4.98 Å². The van der Waals surface area contributed by atoms with Crippen LogP contribution >= 0.6 is 11.3 Å². The van der Waals surface area contributed by atoms with E-state index in [9.17, 15) is 0 Å². The molecular formula is C15H20N2OS. The van der Waals surface area contributed by atoms with Crippen LogP contribution in [0.25, 0.3) is 10.6 Å². The van der Waals surface area contributed by atoms with Gasteiger partial charge in [0.15, 0.2) is 0 Å². The Kier molecular flexibility index (Phi) is 4.93. The van der Waals surface area contributed by atoms with Gasteiger partial charge in [0.2, 0.25) is 0 Å². The average Bonchev–Trinajstić information content (AvgIpc) is 2.88. The fraction of sp³-hybridized carbons (Fsp3) is 0.400. The van der Waals surface area contributed by atoms with Crippen LogP contribution < -0.4 is 4.74 Å². The second-order valence-electron chi connectivity index (χ2n) is 4.66. The van der Waals surface area contributed by atoms with E-state index < -0.39 is 0 Å². The summed E-state index contributed by atoms with van der Waals surface area (Å²) in [5, 5.41) is 1.08. The number of thiazole rings is 1. The summed E-state index contributed by atoms with van der Waals surface area (Å²) in [6, 6.07) is 8.17. The summed E-state index contributed by atoms with van der Waals surface area (Å²) in [5.74, 6) is 0.915. The monoisotopic (exact) mass is 276 g/mol. The van der Waals surface area contributed by atoms with Crippen LogP contribution in [0.2, 0.25) is 0 Å². The lowest BCUT2D eigenvalue weighted by atomic mass is 10.2. The molecule has 0 unspecified atom stereocenters. The van der Waals surface area contributed by atoms with Crippen molar-refractivity contribution in [2.24, 2.45) is 0 Å². The maximum atomic E-state index is 5.68. The minimum atomic E-state index is 0.712. The summed E-state index contributed by atoms with van der Waals surface area (Å²) in [7, 11) is 4.08. The van der Waals surface area contributed by atoms with Gasteiger partial charge in [0.25, 0.3) is 0 Å². The molecule has 0 aliphatic rings. The quantitative estimate of drug-likeness (QED) is 0.809. The zero-order valence-electron chi connectivity index (χ0n) is 11.7. The van der Waals surface area contributed by atoms with Crippen LogP contribution in [0.3, 0.4) is 0 Å². The number of hydrogen-bond acceptors (Lipinski definition) is 4. The first-order valence-corrected chi connectivity index (χ1v) is 7.33. The van der Waals surface area contributed by atoms with Gasteiger partial charge in [0.05, 0.1) is 0 Å². The molecule has 0 fully saturated rings. The Morgan fingerprint density at radius 3 is 2.53 bits per heavy atom. The van der Waals surface area contributed by atoms with Gasteiger partial charge >= 0.3 is 0 Å². The van der Waals surface area contributed by atoms with E-state index in [4.69, 9.17) is 4.74 Å². The number of benzene rings is 1. The fourth-order valence-electron chi connectivity index (χ4n) is 1.64. The van der Waals surface area contributed by atoms with Crippen molar-refractivity contribution in [1.82, 2.24) is 9.88 Å². The van der Waals surface area contributed by atoms with Crippen molar-refractivity contribution in [3.8, 4) is 16.3 Å². The molecular weight excluding hydrogens is 256 g/mol. The lowest BCUT2D eigenvalue weighted by molar-refractivity contribution is 0.261. The van der Waals surface area contributed by atoms with Crippen molar-refractivity contribution in [3.05, 3.63) is 35.3 Å². The highest BCUT2D eigenvalue weighted by atomic mass is 32.1. The number of hydrogen-bond donors (Lipinski definition) is 0. The summed E-state index contributed by atoms with van der Waals surface area (Å²) in [4.78, 5) is 7.87. The molecule has 1 aromatic heterocycles. The molecule has 102 valence electrons. The van der Waals surface area contributed by atoms with E-state index >= 15 is 0 Å². The van der Waals surface area contributed by atoms with E-state index in [1.807, 2.05) is 32.4 Å². The second kappa shape index (κ2) is 6.68. The molecule has 0 N–H and O–H groups in total. The Morgan fingerprint density at radius 1 is 1.21 bits per heavy atom. The summed E-state index contributed by atoms with van der Waals surface area (Å²) in [6.45, 7) is 3.79. The number of ether oxygens (including phenoxy) is 1. The third-order valence-electron chi connectivity index (χ3n) is 2.81. The van der Waals surface area contributed by atoms with Crippen LogP contribution in [0.1, 0.15) is 11.8 Å². The maximum Gasteiger partial charge on any atom is 0.123 e.